The summed E-state index contributed by atoms with van der Waals surface area (Å²) in [5.41, 5.74) is 0. The van der Waals surface area contributed by atoms with E-state index in [1.54, 1.807) is 0 Å². The lowest BCUT2D eigenvalue weighted by Crippen LogP contribution is -2.45. The van der Waals surface area contributed by atoms with E-state index in [1.807, 2.05) is 0 Å². The lowest BCUT2D eigenvalue weighted by molar-refractivity contribution is 0.129. The van der Waals surface area contributed by atoms with Gasteiger partial charge in [-0.15, -0.1) is 0 Å². The first kappa shape index (κ1) is 8.81. The average molecular weight is 184 g/mol. The molecule has 2 N–H and O–H groups in total. The van der Waals surface area contributed by atoms with Gasteiger partial charge in [-0.2, -0.15) is 0 Å². The minimum Gasteiger partial charge on any atom is -0.465 e. The smallest absolute Gasteiger partial charge is 0.407 e. The van der Waals surface area contributed by atoms with Crippen molar-refractivity contribution in [3.63, 3.8) is 0 Å². The van der Waals surface area contributed by atoms with Crippen molar-refractivity contribution < 1.29 is 9.90 Å². The highest BCUT2D eigenvalue weighted by molar-refractivity contribution is 5.65. The fourth-order valence-electron chi connectivity index (χ4n) is 1.82. The van der Waals surface area contributed by atoms with Crippen LogP contribution in [0.2, 0.25) is 0 Å². The fraction of sp³-hybridized carbons (Fsp3) is 0.889. The second-order valence-corrected chi connectivity index (χ2v) is 3.98. The first-order chi connectivity index (χ1) is 6.25. The van der Waals surface area contributed by atoms with Crippen LogP contribution in [0.15, 0.2) is 0 Å². The van der Waals surface area contributed by atoms with Crippen LogP contribution >= 0.6 is 0 Å². The molecule has 74 valence electrons. The summed E-state index contributed by atoms with van der Waals surface area (Å²) in [6, 6.07) is 1.30. The molecule has 4 nitrogen and oxygen atoms in total. The average Bonchev–Trinajstić information content (AvgIpc) is 2.89. The topological polar surface area (TPSA) is 52.6 Å². The quantitative estimate of drug-likeness (QED) is 0.670. The molecule has 0 atom stereocenters. The van der Waals surface area contributed by atoms with Crippen molar-refractivity contribution in [3.8, 4) is 0 Å². The van der Waals surface area contributed by atoms with Crippen LogP contribution in [0.1, 0.15) is 25.7 Å². The number of nitrogens with zero attached hydrogens (tertiary/aromatic N) is 1. The van der Waals surface area contributed by atoms with Gasteiger partial charge in [0.05, 0.1) is 0 Å². The SMILES string of the molecule is O=C(O)N1CCC(NC2CC2)CC1. The molecular formula is C9H16N2O2. The Morgan fingerprint density at radius 1 is 1.15 bits per heavy atom. The number of hydrogen-bond acceptors (Lipinski definition) is 2. The van der Waals surface area contributed by atoms with Crippen LogP contribution in [0.5, 0.6) is 0 Å². The number of carboxylic acid groups (broad SMARTS) is 1. The molecule has 0 aromatic carbocycles. The zero-order valence-electron chi connectivity index (χ0n) is 7.70. The van der Waals surface area contributed by atoms with E-state index >= 15 is 0 Å². The fourth-order valence-corrected chi connectivity index (χ4v) is 1.82. The summed E-state index contributed by atoms with van der Waals surface area (Å²) in [4.78, 5) is 12.1. The van der Waals surface area contributed by atoms with Gasteiger partial charge in [0.25, 0.3) is 0 Å². The normalized spacial score (nSPS) is 24.8. The van der Waals surface area contributed by atoms with Gasteiger partial charge in [-0.25, -0.2) is 4.79 Å². The Labute approximate surface area is 77.9 Å². The molecule has 0 unspecified atom stereocenters. The van der Waals surface area contributed by atoms with Gasteiger partial charge in [0.2, 0.25) is 0 Å². The second-order valence-electron chi connectivity index (χ2n) is 3.98. The Hall–Kier alpha value is -0.770. The molecule has 1 aliphatic heterocycles. The molecule has 0 spiro atoms. The molecule has 0 aromatic heterocycles. The predicted octanol–water partition coefficient (Wildman–Crippen LogP) is 0.881. The molecule has 13 heavy (non-hydrogen) atoms. The molecule has 2 rings (SSSR count). The maximum atomic E-state index is 10.6. The van der Waals surface area contributed by atoms with Gasteiger partial charge in [0.15, 0.2) is 0 Å². The third-order valence-electron chi connectivity index (χ3n) is 2.81. The highest BCUT2D eigenvalue weighted by Crippen LogP contribution is 2.22. The number of nitrogens with one attached hydrogen (secondary N) is 1. The van der Waals surface area contributed by atoms with Gasteiger partial charge in [-0.3, -0.25) is 0 Å². The summed E-state index contributed by atoms with van der Waals surface area (Å²) in [7, 11) is 0. The van der Waals surface area contributed by atoms with Crippen LogP contribution in [-0.2, 0) is 0 Å². The Morgan fingerprint density at radius 3 is 2.15 bits per heavy atom. The van der Waals surface area contributed by atoms with Crippen molar-refractivity contribution in [1.29, 1.82) is 0 Å². The van der Waals surface area contributed by atoms with E-state index in [-0.39, 0.29) is 0 Å². The van der Waals surface area contributed by atoms with Crippen LogP contribution in [0.4, 0.5) is 4.79 Å². The highest BCUT2D eigenvalue weighted by atomic mass is 16.4. The summed E-state index contributed by atoms with van der Waals surface area (Å²) in [5, 5.41) is 12.3. The third-order valence-corrected chi connectivity index (χ3v) is 2.81. The molecule has 1 saturated heterocycles. The van der Waals surface area contributed by atoms with Crippen LogP contribution < -0.4 is 5.32 Å². The summed E-state index contributed by atoms with van der Waals surface area (Å²) in [5.74, 6) is 0. The zero-order valence-corrected chi connectivity index (χ0v) is 7.70. The van der Waals surface area contributed by atoms with E-state index in [0.717, 1.165) is 18.9 Å². The Kier molecular flexibility index (Phi) is 2.40. The number of hydrogen-bond donors (Lipinski definition) is 2. The molecule has 2 fully saturated rings. The molecule has 1 saturated carbocycles. The minimum atomic E-state index is -0.773. The molecular weight excluding hydrogens is 168 g/mol. The van der Waals surface area contributed by atoms with Crippen LogP contribution in [0, 0.1) is 0 Å². The predicted molar refractivity (Wildman–Crippen MR) is 48.8 cm³/mol. The van der Waals surface area contributed by atoms with Gasteiger partial charge < -0.3 is 15.3 Å². The van der Waals surface area contributed by atoms with E-state index in [0.29, 0.717) is 19.1 Å². The lowest BCUT2D eigenvalue weighted by Gasteiger charge is -2.30. The minimum absolute atomic E-state index is 0.558. The van der Waals surface area contributed by atoms with Crippen LogP contribution in [-0.4, -0.2) is 41.3 Å². The molecule has 1 heterocycles. The number of piperidine rings is 1. The van der Waals surface area contributed by atoms with E-state index in [1.165, 1.54) is 17.7 Å². The van der Waals surface area contributed by atoms with Crippen LogP contribution in [0.25, 0.3) is 0 Å². The molecule has 2 aliphatic rings. The van der Waals surface area contributed by atoms with Crippen molar-refractivity contribution in [2.45, 2.75) is 37.8 Å². The molecule has 4 heteroatoms. The molecule has 1 amide bonds. The first-order valence-electron chi connectivity index (χ1n) is 4.99. The first-order valence-corrected chi connectivity index (χ1v) is 4.99. The van der Waals surface area contributed by atoms with Crippen molar-refractivity contribution in [2.75, 3.05) is 13.1 Å². The van der Waals surface area contributed by atoms with Gasteiger partial charge >= 0.3 is 6.09 Å². The lowest BCUT2D eigenvalue weighted by atomic mass is 10.1. The van der Waals surface area contributed by atoms with Gasteiger partial charge in [0, 0.05) is 25.2 Å². The highest BCUT2D eigenvalue weighted by Gasteiger charge is 2.28. The summed E-state index contributed by atoms with van der Waals surface area (Å²) < 4.78 is 0. The van der Waals surface area contributed by atoms with Gasteiger partial charge in [0.1, 0.15) is 0 Å². The van der Waals surface area contributed by atoms with Crippen molar-refractivity contribution >= 4 is 6.09 Å². The largest absolute Gasteiger partial charge is 0.465 e. The summed E-state index contributed by atoms with van der Waals surface area (Å²) >= 11 is 0. The number of carbonyl (C=O) groups is 1. The standard InChI is InChI=1S/C9H16N2O2/c12-9(13)11-5-3-8(4-6-11)10-7-1-2-7/h7-8,10H,1-6H2,(H,12,13). The molecule has 0 bridgehead atoms. The number of amides is 1. The van der Waals surface area contributed by atoms with Crippen molar-refractivity contribution in [1.82, 2.24) is 10.2 Å². The van der Waals surface area contributed by atoms with E-state index in [4.69, 9.17) is 5.11 Å². The summed E-state index contributed by atoms with van der Waals surface area (Å²) in [6.45, 7) is 1.39. The molecule has 1 aliphatic carbocycles. The van der Waals surface area contributed by atoms with Crippen LogP contribution in [0.3, 0.4) is 0 Å². The number of rotatable bonds is 2. The van der Waals surface area contributed by atoms with E-state index < -0.39 is 6.09 Å². The Bertz CT molecular complexity index is 196. The Morgan fingerprint density at radius 2 is 1.69 bits per heavy atom. The zero-order chi connectivity index (χ0) is 9.26. The van der Waals surface area contributed by atoms with Crippen molar-refractivity contribution in [3.05, 3.63) is 0 Å². The maximum Gasteiger partial charge on any atom is 0.407 e. The molecule has 0 aromatic rings. The second kappa shape index (κ2) is 3.54. The molecule has 0 radical (unpaired) electrons. The van der Waals surface area contributed by atoms with Gasteiger partial charge in [-0.1, -0.05) is 0 Å². The van der Waals surface area contributed by atoms with Crippen molar-refractivity contribution in [2.24, 2.45) is 0 Å². The number of likely N-dealkylation sites (tertiary alicyclic amines) is 1. The van der Waals surface area contributed by atoms with E-state index in [2.05, 4.69) is 5.32 Å². The maximum absolute atomic E-state index is 10.6. The monoisotopic (exact) mass is 184 g/mol. The third kappa shape index (κ3) is 2.34. The van der Waals surface area contributed by atoms with E-state index in [9.17, 15) is 4.79 Å². The Balaban J connectivity index is 1.71. The van der Waals surface area contributed by atoms with Gasteiger partial charge in [-0.05, 0) is 25.7 Å². The summed E-state index contributed by atoms with van der Waals surface area (Å²) in [6.07, 6.45) is 3.79.